The van der Waals surface area contributed by atoms with Crippen LogP contribution in [0.3, 0.4) is 0 Å². The Bertz CT molecular complexity index is 605. The summed E-state index contributed by atoms with van der Waals surface area (Å²) in [5.74, 6) is 2.14. The molecule has 0 heterocycles. The van der Waals surface area contributed by atoms with E-state index in [0.29, 0.717) is 24.1 Å². The minimum Gasteiger partial charge on any atom is -0.493 e. The van der Waals surface area contributed by atoms with Gasteiger partial charge in [-0.1, -0.05) is 13.0 Å². The average molecular weight is 360 g/mol. The van der Waals surface area contributed by atoms with E-state index in [1.54, 1.807) is 13.2 Å². The summed E-state index contributed by atoms with van der Waals surface area (Å²) in [6, 6.07) is 6.01. The van der Waals surface area contributed by atoms with E-state index in [-0.39, 0.29) is 5.91 Å². The van der Waals surface area contributed by atoms with Gasteiger partial charge >= 0.3 is 0 Å². The van der Waals surface area contributed by atoms with Crippen LogP contribution in [0.15, 0.2) is 24.3 Å². The average Bonchev–Trinajstić information content (AvgIpc) is 2.62. The number of nitrogens with zero attached hydrogens (tertiary/aromatic N) is 1. The molecule has 1 aromatic carbocycles. The molecular formula is C21H32N2O3. The van der Waals surface area contributed by atoms with Crippen molar-refractivity contribution in [2.45, 2.75) is 38.6 Å². The molecule has 0 spiro atoms. The number of hydrogen-bond donors (Lipinski definition) is 1. The van der Waals surface area contributed by atoms with Crippen LogP contribution in [0.2, 0.25) is 0 Å². The Morgan fingerprint density at radius 2 is 1.96 bits per heavy atom. The lowest BCUT2D eigenvalue weighted by atomic mass is 9.87. The van der Waals surface area contributed by atoms with Crippen LogP contribution < -0.4 is 14.8 Å². The SMILES string of the molecule is COc1cc(C=CC(=O)NC2CCC(C)CC2)ccc1OCCN(C)C. The molecule has 1 fully saturated rings. The fraction of sp³-hybridized carbons (Fsp3) is 0.571. The minimum absolute atomic E-state index is 0.0326. The van der Waals surface area contributed by atoms with Crippen molar-refractivity contribution in [1.82, 2.24) is 10.2 Å². The second-order valence-corrected chi connectivity index (χ2v) is 7.36. The molecular weight excluding hydrogens is 328 g/mol. The molecule has 1 saturated carbocycles. The van der Waals surface area contributed by atoms with Crippen LogP contribution in [0.1, 0.15) is 38.2 Å². The van der Waals surface area contributed by atoms with E-state index in [2.05, 4.69) is 17.1 Å². The minimum atomic E-state index is -0.0326. The highest BCUT2D eigenvalue weighted by Gasteiger charge is 2.18. The van der Waals surface area contributed by atoms with Crippen LogP contribution in [-0.2, 0) is 4.79 Å². The molecule has 2 rings (SSSR count). The highest BCUT2D eigenvalue weighted by Crippen LogP contribution is 2.28. The molecule has 1 N–H and O–H groups in total. The summed E-state index contributed by atoms with van der Waals surface area (Å²) in [4.78, 5) is 14.2. The maximum absolute atomic E-state index is 12.1. The Balaban J connectivity index is 1.89. The maximum atomic E-state index is 12.1. The molecule has 0 aromatic heterocycles. The third kappa shape index (κ3) is 6.71. The van der Waals surface area contributed by atoms with Crippen molar-refractivity contribution in [3.05, 3.63) is 29.8 Å². The van der Waals surface area contributed by atoms with Crippen molar-refractivity contribution in [3.63, 3.8) is 0 Å². The number of carbonyl (C=O) groups excluding carboxylic acids is 1. The molecule has 1 aliphatic rings. The van der Waals surface area contributed by atoms with Crippen molar-refractivity contribution >= 4 is 12.0 Å². The molecule has 1 aliphatic carbocycles. The van der Waals surface area contributed by atoms with Gasteiger partial charge in [-0.15, -0.1) is 0 Å². The second-order valence-electron chi connectivity index (χ2n) is 7.36. The van der Waals surface area contributed by atoms with Crippen molar-refractivity contribution in [1.29, 1.82) is 0 Å². The Morgan fingerprint density at radius 3 is 2.62 bits per heavy atom. The maximum Gasteiger partial charge on any atom is 0.244 e. The van der Waals surface area contributed by atoms with E-state index in [1.165, 1.54) is 12.8 Å². The Morgan fingerprint density at radius 1 is 1.23 bits per heavy atom. The van der Waals surface area contributed by atoms with Crippen LogP contribution in [0, 0.1) is 5.92 Å². The summed E-state index contributed by atoms with van der Waals surface area (Å²) < 4.78 is 11.2. The molecule has 1 amide bonds. The van der Waals surface area contributed by atoms with Crippen LogP contribution in [0.25, 0.3) is 6.08 Å². The van der Waals surface area contributed by atoms with Gasteiger partial charge in [-0.25, -0.2) is 0 Å². The smallest absolute Gasteiger partial charge is 0.244 e. The van der Waals surface area contributed by atoms with Crippen molar-refractivity contribution in [3.8, 4) is 11.5 Å². The molecule has 5 nitrogen and oxygen atoms in total. The van der Waals surface area contributed by atoms with Crippen LogP contribution in [0.5, 0.6) is 11.5 Å². The third-order valence-electron chi connectivity index (χ3n) is 4.77. The van der Waals surface area contributed by atoms with Gasteiger partial charge in [0.1, 0.15) is 6.61 Å². The highest BCUT2D eigenvalue weighted by atomic mass is 16.5. The Kier molecular flexibility index (Phi) is 7.98. The van der Waals surface area contributed by atoms with Crippen molar-refractivity contribution in [2.75, 3.05) is 34.4 Å². The molecule has 144 valence electrons. The molecule has 26 heavy (non-hydrogen) atoms. The number of methoxy groups -OCH3 is 1. The summed E-state index contributed by atoms with van der Waals surface area (Å²) >= 11 is 0. The van der Waals surface area contributed by atoms with Gasteiger partial charge in [-0.05, 0) is 69.5 Å². The van der Waals surface area contributed by atoms with Gasteiger partial charge in [0.05, 0.1) is 7.11 Å². The van der Waals surface area contributed by atoms with E-state index in [4.69, 9.17) is 9.47 Å². The van der Waals surface area contributed by atoms with E-state index >= 15 is 0 Å². The number of rotatable bonds is 8. The van der Waals surface area contributed by atoms with E-state index in [1.807, 2.05) is 38.4 Å². The van der Waals surface area contributed by atoms with Crippen LogP contribution >= 0.6 is 0 Å². The molecule has 0 bridgehead atoms. The van der Waals surface area contributed by atoms with Gasteiger partial charge in [0, 0.05) is 18.7 Å². The summed E-state index contributed by atoms with van der Waals surface area (Å²) in [6.07, 6.45) is 7.95. The number of ether oxygens (including phenoxy) is 2. The van der Waals surface area contributed by atoms with Gasteiger partial charge in [0.15, 0.2) is 11.5 Å². The molecule has 0 aliphatic heterocycles. The molecule has 5 heteroatoms. The van der Waals surface area contributed by atoms with Crippen molar-refractivity contribution < 1.29 is 14.3 Å². The number of carbonyl (C=O) groups is 1. The summed E-state index contributed by atoms with van der Waals surface area (Å²) in [5, 5.41) is 3.10. The topological polar surface area (TPSA) is 50.8 Å². The lowest BCUT2D eigenvalue weighted by molar-refractivity contribution is -0.117. The third-order valence-corrected chi connectivity index (χ3v) is 4.77. The number of amides is 1. The van der Waals surface area contributed by atoms with Gasteiger partial charge < -0.3 is 19.7 Å². The largest absolute Gasteiger partial charge is 0.493 e. The Labute approximate surface area is 157 Å². The Hall–Kier alpha value is -2.01. The lowest BCUT2D eigenvalue weighted by Gasteiger charge is -2.26. The predicted octanol–water partition coefficient (Wildman–Crippen LogP) is 3.34. The first kappa shape index (κ1) is 20.3. The zero-order valence-electron chi connectivity index (χ0n) is 16.5. The predicted molar refractivity (Wildman–Crippen MR) is 106 cm³/mol. The van der Waals surface area contributed by atoms with E-state index in [9.17, 15) is 4.79 Å². The summed E-state index contributed by atoms with van der Waals surface area (Å²) in [6.45, 7) is 3.71. The molecule has 1 aromatic rings. The first-order valence-electron chi connectivity index (χ1n) is 9.42. The fourth-order valence-electron chi connectivity index (χ4n) is 3.07. The number of nitrogens with one attached hydrogen (secondary N) is 1. The zero-order chi connectivity index (χ0) is 18.9. The number of hydrogen-bond acceptors (Lipinski definition) is 4. The van der Waals surface area contributed by atoms with Crippen LogP contribution in [-0.4, -0.2) is 51.2 Å². The highest BCUT2D eigenvalue weighted by molar-refractivity contribution is 5.92. The van der Waals surface area contributed by atoms with E-state index < -0.39 is 0 Å². The molecule has 0 atom stereocenters. The number of likely N-dealkylation sites (N-methyl/N-ethyl adjacent to an activating group) is 1. The van der Waals surface area contributed by atoms with Gasteiger partial charge in [0.25, 0.3) is 0 Å². The van der Waals surface area contributed by atoms with Gasteiger partial charge in [-0.3, -0.25) is 4.79 Å². The molecule has 0 saturated heterocycles. The second kappa shape index (κ2) is 10.2. The monoisotopic (exact) mass is 360 g/mol. The van der Waals surface area contributed by atoms with Crippen LogP contribution in [0.4, 0.5) is 0 Å². The standard InChI is InChI=1S/C21H32N2O3/c1-16-5-9-18(10-6-16)22-21(24)12-8-17-7-11-19(20(15-17)25-4)26-14-13-23(2)3/h7-8,11-12,15-16,18H,5-6,9-10,13-14H2,1-4H3,(H,22,24). The van der Waals surface area contributed by atoms with E-state index in [0.717, 1.165) is 30.9 Å². The fourth-order valence-corrected chi connectivity index (χ4v) is 3.07. The molecule has 0 unspecified atom stereocenters. The quantitative estimate of drug-likeness (QED) is 0.723. The first-order valence-corrected chi connectivity index (χ1v) is 9.42. The normalized spacial score (nSPS) is 20.3. The summed E-state index contributed by atoms with van der Waals surface area (Å²) in [5.41, 5.74) is 0.911. The van der Waals surface area contributed by atoms with Gasteiger partial charge in [-0.2, -0.15) is 0 Å². The molecule has 0 radical (unpaired) electrons. The van der Waals surface area contributed by atoms with Gasteiger partial charge in [0.2, 0.25) is 5.91 Å². The van der Waals surface area contributed by atoms with Crippen molar-refractivity contribution in [2.24, 2.45) is 5.92 Å². The number of benzene rings is 1. The summed E-state index contributed by atoms with van der Waals surface area (Å²) in [7, 11) is 5.64. The lowest BCUT2D eigenvalue weighted by Crippen LogP contribution is -2.36. The zero-order valence-corrected chi connectivity index (χ0v) is 16.5. The first-order chi connectivity index (χ1) is 12.5.